The summed E-state index contributed by atoms with van der Waals surface area (Å²) in [6.07, 6.45) is 12.0. The Balaban J connectivity index is 0.000000129. The maximum atomic E-state index is 14.8. The first-order valence-electron chi connectivity index (χ1n) is 33.3. The van der Waals surface area contributed by atoms with Crippen LogP contribution in [0.1, 0.15) is 79.7 Å². The van der Waals surface area contributed by atoms with E-state index in [9.17, 15) is 13.2 Å². The molecule has 0 aliphatic carbocycles. The number of methoxy groups -OCH3 is 1. The Morgan fingerprint density at radius 3 is 1.69 bits per heavy atom. The van der Waals surface area contributed by atoms with E-state index in [1.807, 2.05) is 69.9 Å². The Bertz CT molecular complexity index is 5270. The van der Waals surface area contributed by atoms with Gasteiger partial charge in [-0.25, -0.2) is 33.1 Å². The van der Waals surface area contributed by atoms with Crippen LogP contribution in [0.5, 0.6) is 23.0 Å². The number of fused-ring (bicyclic) bond motifs is 7. The molecule has 1 atom stereocenters. The summed E-state index contributed by atoms with van der Waals surface area (Å²) in [6, 6.07) is 28.0. The van der Waals surface area contributed by atoms with Crippen LogP contribution in [0.15, 0.2) is 128 Å². The fraction of sp³-hybridized carbons (Fsp3) is 0.273. The molecule has 21 nitrogen and oxygen atoms in total. The van der Waals surface area contributed by atoms with Crippen LogP contribution in [-0.4, -0.2) is 102 Å². The van der Waals surface area contributed by atoms with Crippen molar-refractivity contribution in [1.29, 1.82) is 0 Å². The number of rotatable bonds is 18. The van der Waals surface area contributed by atoms with Crippen molar-refractivity contribution < 1.29 is 36.9 Å². The molecular weight excluding hydrogens is 1290 g/mol. The Morgan fingerprint density at radius 1 is 0.584 bits per heavy atom. The minimum Gasteiger partial charge on any atom is -0.493 e. The molecule has 0 spiro atoms. The third-order valence-electron chi connectivity index (χ3n) is 18.5. The van der Waals surface area contributed by atoms with Gasteiger partial charge in [-0.05, 0) is 134 Å². The summed E-state index contributed by atoms with van der Waals surface area (Å²) in [4.78, 5) is 36.9. The molecule has 6 aromatic carbocycles. The SMILES string of the molecule is Cc1cn2c(NCc3c(F)ccc4c3CCO4)ncc(-c3ccc4c(c3)CNC4)c2n1.[C-]#[N+]c1cn2c(NCc3c(F)ccc4c3C(C)CO4)ncc(-c3ccc(CN(C)C)cc3C)c2n1.[C-]#[N+]c1cn2c(NCc3c(F)ccc4c3CCO4)ncc(-c3ccc(OCCOC)cc3C)c2n1. The van der Waals surface area contributed by atoms with Crippen LogP contribution >= 0.6 is 0 Å². The van der Waals surface area contributed by atoms with Crippen molar-refractivity contribution in [2.75, 3.05) is 70.2 Å². The third-order valence-corrected chi connectivity index (χ3v) is 18.5. The van der Waals surface area contributed by atoms with Gasteiger partial charge < -0.3 is 59.5 Å². The first-order chi connectivity index (χ1) is 49.1. The maximum absolute atomic E-state index is 14.8. The summed E-state index contributed by atoms with van der Waals surface area (Å²) >= 11 is 0. The lowest BCUT2D eigenvalue weighted by molar-refractivity contribution is 0.146. The van der Waals surface area contributed by atoms with Gasteiger partial charge >= 0.3 is 0 Å². The molecule has 6 aromatic heterocycles. The highest BCUT2D eigenvalue weighted by molar-refractivity contribution is 5.83. The predicted molar refractivity (Wildman–Crippen MR) is 381 cm³/mol. The van der Waals surface area contributed by atoms with Gasteiger partial charge in [-0.15, -0.1) is 0 Å². The average Bonchev–Trinajstić information content (AvgIpc) is 1.68. The Kier molecular flexibility index (Phi) is 18.9. The van der Waals surface area contributed by atoms with E-state index >= 15 is 0 Å². The van der Waals surface area contributed by atoms with Crippen LogP contribution in [-0.2, 0) is 56.8 Å². The van der Waals surface area contributed by atoms with E-state index in [2.05, 4.69) is 104 Å². The van der Waals surface area contributed by atoms with E-state index in [0.717, 1.165) is 122 Å². The number of anilines is 3. The van der Waals surface area contributed by atoms with E-state index in [-0.39, 0.29) is 48.1 Å². The van der Waals surface area contributed by atoms with E-state index < -0.39 is 0 Å². The van der Waals surface area contributed by atoms with E-state index in [1.165, 1.54) is 34.9 Å². The Labute approximate surface area is 581 Å². The Hall–Kier alpha value is -11.6. The lowest BCUT2D eigenvalue weighted by Crippen LogP contribution is -2.11. The van der Waals surface area contributed by atoms with Crippen LogP contribution in [0.3, 0.4) is 0 Å². The van der Waals surface area contributed by atoms with Gasteiger partial charge in [-0.1, -0.05) is 66.4 Å². The van der Waals surface area contributed by atoms with Gasteiger partial charge in [-0.3, -0.25) is 13.2 Å². The molecule has 0 saturated heterocycles. The van der Waals surface area contributed by atoms with Crippen molar-refractivity contribution in [3.63, 3.8) is 0 Å². The highest BCUT2D eigenvalue weighted by atomic mass is 19.1. The summed E-state index contributed by atoms with van der Waals surface area (Å²) < 4.78 is 76.9. The van der Waals surface area contributed by atoms with Gasteiger partial charge in [-0.2, -0.15) is 0 Å². The van der Waals surface area contributed by atoms with Crippen molar-refractivity contribution >= 4 is 46.4 Å². The number of hydrogen-bond acceptors (Lipinski definition) is 16. The zero-order valence-electron chi connectivity index (χ0n) is 56.9. The molecule has 4 aliphatic rings. The van der Waals surface area contributed by atoms with Crippen molar-refractivity contribution in [3.05, 3.63) is 235 Å². The van der Waals surface area contributed by atoms with Gasteiger partial charge in [0.15, 0.2) is 0 Å². The summed E-state index contributed by atoms with van der Waals surface area (Å²) in [5.74, 6) is 4.44. The van der Waals surface area contributed by atoms with E-state index in [4.69, 9.17) is 41.8 Å². The van der Waals surface area contributed by atoms with Crippen molar-refractivity contribution in [3.8, 4) is 56.4 Å². The molecule has 0 radical (unpaired) electrons. The zero-order chi connectivity index (χ0) is 70.0. The molecule has 16 rings (SSSR count). The number of imidazole rings is 3. The molecule has 0 amide bonds. The normalized spacial score (nSPS) is 13.8. The fourth-order valence-corrected chi connectivity index (χ4v) is 13.6. The predicted octanol–water partition coefficient (Wildman–Crippen LogP) is 14.5. The molecule has 1 unspecified atom stereocenters. The minimum atomic E-state index is -0.287. The number of halogens is 3. The number of nitrogens with one attached hydrogen (secondary N) is 4. The molecule has 101 heavy (non-hydrogen) atoms. The van der Waals surface area contributed by atoms with Crippen LogP contribution in [0.4, 0.5) is 42.7 Å². The number of aryl methyl sites for hydroxylation is 3. The highest BCUT2D eigenvalue weighted by Crippen LogP contribution is 2.40. The smallest absolute Gasteiger partial charge is 0.288 e. The van der Waals surface area contributed by atoms with Gasteiger partial charge in [0.1, 0.15) is 52.7 Å². The molecule has 4 N–H and O–H groups in total. The summed E-state index contributed by atoms with van der Waals surface area (Å²) in [7, 11) is 5.72. The lowest BCUT2D eigenvalue weighted by atomic mass is 9.97. The molecule has 10 heterocycles. The molecular formula is C77H73F3N16O5. The topological polar surface area (TPSA) is 197 Å². The van der Waals surface area contributed by atoms with E-state index in [1.54, 1.807) is 58.9 Å². The maximum Gasteiger partial charge on any atom is 0.288 e. The fourth-order valence-electron chi connectivity index (χ4n) is 13.6. The van der Waals surface area contributed by atoms with Crippen LogP contribution in [0, 0.1) is 51.4 Å². The monoisotopic (exact) mass is 1360 g/mol. The quantitative estimate of drug-likeness (QED) is 0.0467. The lowest BCUT2D eigenvalue weighted by Gasteiger charge is -2.15. The first kappa shape index (κ1) is 66.7. The van der Waals surface area contributed by atoms with Crippen LogP contribution < -0.4 is 40.2 Å². The average molecular weight is 1360 g/mol. The van der Waals surface area contributed by atoms with Crippen LogP contribution in [0.2, 0.25) is 0 Å². The first-order valence-corrected chi connectivity index (χ1v) is 33.3. The molecule has 24 heteroatoms. The molecule has 0 fully saturated rings. The molecule has 512 valence electrons. The second-order valence-corrected chi connectivity index (χ2v) is 25.6. The number of hydrogen-bond donors (Lipinski definition) is 4. The van der Waals surface area contributed by atoms with Gasteiger partial charge in [0, 0.05) is 141 Å². The number of nitrogens with zero attached hydrogens (tertiary/aromatic N) is 12. The van der Waals surface area contributed by atoms with Crippen molar-refractivity contribution in [1.82, 2.24) is 53.3 Å². The largest absolute Gasteiger partial charge is 0.493 e. The van der Waals surface area contributed by atoms with Gasteiger partial charge in [0.25, 0.3) is 11.6 Å². The van der Waals surface area contributed by atoms with Crippen molar-refractivity contribution in [2.24, 2.45) is 0 Å². The molecule has 12 aromatic rings. The second-order valence-electron chi connectivity index (χ2n) is 25.6. The van der Waals surface area contributed by atoms with Crippen molar-refractivity contribution in [2.45, 2.75) is 85.7 Å². The molecule has 4 aliphatic heterocycles. The molecule has 0 bridgehead atoms. The Morgan fingerprint density at radius 2 is 1.12 bits per heavy atom. The summed E-state index contributed by atoms with van der Waals surface area (Å²) in [5, 5.41) is 13.2. The number of aromatic nitrogens is 9. The zero-order valence-corrected chi connectivity index (χ0v) is 56.9. The molecule has 0 saturated carbocycles. The second kappa shape index (κ2) is 28.7. The van der Waals surface area contributed by atoms with E-state index in [0.29, 0.717) is 91.8 Å². The van der Waals surface area contributed by atoms with Gasteiger partial charge in [0.05, 0.1) is 43.2 Å². The standard InChI is InChI=1S/C27H27FN6O.C26H24FN5O3.C24H22FN5O/c1-16-10-18(13-33(4)5)6-7-19(16)20-11-30-27(34-14-24(29-3)32-26(20)34)31-12-21-22(28)8-9-23-25(21)17(2)15-35-23;1-16-12-17(34-11-10-33-3)4-5-18(16)21-14-30-26(32-15-24(28-2)31-25(21)32)29-13-20-19-8-9-35-23(19)7-6-22(20)27;1-14-13-30-23(29-14)19(15-2-3-16-9-26-10-17(16)8-15)11-27-24(30)28-12-20-18-6-7-31-22(18)5-4-21(20)25/h6-11,14,17H,12-13,15H2,1-2,4-5H3,(H,30,31);4-7,12,14-15H,8-11,13H2,1,3H3,(H,29,30);2-5,8,11,13,26H,6-7,9-10,12H2,1H3,(H,27,28). The highest BCUT2D eigenvalue weighted by Gasteiger charge is 2.28. The number of ether oxygens (including phenoxy) is 5. The van der Waals surface area contributed by atoms with Gasteiger partial charge in [0.2, 0.25) is 29.1 Å². The summed E-state index contributed by atoms with van der Waals surface area (Å²) in [6.45, 7) is 29.1. The minimum absolute atomic E-state index is 0.119. The number of benzene rings is 6. The van der Waals surface area contributed by atoms with Crippen LogP contribution in [0.25, 0.3) is 60.0 Å². The summed E-state index contributed by atoms with van der Waals surface area (Å²) in [5.41, 5.74) is 19.1. The third kappa shape index (κ3) is 13.6.